The minimum absolute atomic E-state index is 0.0432. The quantitative estimate of drug-likeness (QED) is 0.358. The molecule has 5 rings (SSSR count). The van der Waals surface area contributed by atoms with E-state index in [-0.39, 0.29) is 36.5 Å². The first-order valence-corrected chi connectivity index (χ1v) is 14.1. The molecule has 4 heterocycles. The molecule has 3 unspecified atom stereocenters. The molecule has 0 bridgehead atoms. The highest BCUT2D eigenvalue weighted by Crippen LogP contribution is 2.28. The van der Waals surface area contributed by atoms with Crippen LogP contribution < -0.4 is 15.8 Å². The van der Waals surface area contributed by atoms with Crippen LogP contribution in [0, 0.1) is 5.92 Å². The Morgan fingerprint density at radius 1 is 1.18 bits per heavy atom. The number of hydrogen-bond donors (Lipinski definition) is 3. The van der Waals surface area contributed by atoms with Crippen molar-refractivity contribution in [1.29, 1.82) is 0 Å². The standard InChI is InChI=1S/C30H38N6O4/c1-40-24-8-6-20(7-9-24)15-21-16-26(29(38)33-18-23-17-22-5-4-12-32-28(22)34-23)36(19-21)30(39)25(31)10-11-27(37)35-13-2-3-14-35/h4-9,12,17,21,25-26H,2-3,10-11,13-16,18-19,31H2,1H3,(H,32,34)(H,33,38). The largest absolute Gasteiger partial charge is 0.497 e. The summed E-state index contributed by atoms with van der Waals surface area (Å²) in [6.07, 6.45) is 5.53. The third-order valence-corrected chi connectivity index (χ3v) is 8.00. The van der Waals surface area contributed by atoms with Gasteiger partial charge in [0.2, 0.25) is 17.7 Å². The molecule has 212 valence electrons. The van der Waals surface area contributed by atoms with Crippen LogP contribution in [0.3, 0.4) is 0 Å². The van der Waals surface area contributed by atoms with Crippen LogP contribution in [0.25, 0.3) is 11.0 Å². The van der Waals surface area contributed by atoms with Crippen molar-refractivity contribution in [2.45, 2.75) is 57.2 Å². The lowest BCUT2D eigenvalue weighted by Crippen LogP contribution is -2.51. The van der Waals surface area contributed by atoms with Gasteiger partial charge in [0.25, 0.3) is 0 Å². The lowest BCUT2D eigenvalue weighted by molar-refractivity contribution is -0.140. The van der Waals surface area contributed by atoms with Gasteiger partial charge in [-0.3, -0.25) is 14.4 Å². The number of rotatable bonds is 10. The zero-order valence-corrected chi connectivity index (χ0v) is 23.0. The first kappa shape index (κ1) is 27.6. The Labute approximate surface area is 234 Å². The molecule has 40 heavy (non-hydrogen) atoms. The number of benzene rings is 1. The fraction of sp³-hybridized carbons (Fsp3) is 0.467. The lowest BCUT2D eigenvalue weighted by Gasteiger charge is -2.27. The van der Waals surface area contributed by atoms with Gasteiger partial charge in [0, 0.05) is 43.3 Å². The first-order valence-electron chi connectivity index (χ1n) is 14.1. The Bertz CT molecular complexity index is 1300. The molecule has 0 spiro atoms. The lowest BCUT2D eigenvalue weighted by atomic mass is 9.96. The topological polar surface area (TPSA) is 134 Å². The number of nitrogens with two attached hydrogens (primary N) is 1. The van der Waals surface area contributed by atoms with E-state index in [4.69, 9.17) is 10.5 Å². The summed E-state index contributed by atoms with van der Waals surface area (Å²) in [6, 6.07) is 12.2. The normalized spacial score (nSPS) is 19.6. The predicted octanol–water partition coefficient (Wildman–Crippen LogP) is 2.38. The fourth-order valence-corrected chi connectivity index (χ4v) is 5.81. The van der Waals surface area contributed by atoms with Gasteiger partial charge in [-0.25, -0.2) is 4.98 Å². The highest BCUT2D eigenvalue weighted by molar-refractivity contribution is 5.91. The third-order valence-electron chi connectivity index (χ3n) is 8.00. The number of carbonyl (C=O) groups excluding carboxylic acids is 3. The second-order valence-electron chi connectivity index (χ2n) is 10.8. The maximum absolute atomic E-state index is 13.5. The Morgan fingerprint density at radius 2 is 1.95 bits per heavy atom. The number of H-pyrrole nitrogens is 1. The minimum Gasteiger partial charge on any atom is -0.497 e. The van der Waals surface area contributed by atoms with Crippen LogP contribution in [0.15, 0.2) is 48.7 Å². The fourth-order valence-electron chi connectivity index (χ4n) is 5.81. The van der Waals surface area contributed by atoms with Gasteiger partial charge in [-0.15, -0.1) is 0 Å². The number of amides is 3. The highest BCUT2D eigenvalue weighted by atomic mass is 16.5. The van der Waals surface area contributed by atoms with Crippen molar-refractivity contribution in [3.05, 3.63) is 59.9 Å². The van der Waals surface area contributed by atoms with Crippen LogP contribution in [0.2, 0.25) is 0 Å². The van der Waals surface area contributed by atoms with E-state index in [0.717, 1.165) is 60.4 Å². The van der Waals surface area contributed by atoms with Gasteiger partial charge in [-0.05, 0) is 73.9 Å². The molecule has 0 aliphatic carbocycles. The van der Waals surface area contributed by atoms with Gasteiger partial charge in [0.15, 0.2) is 0 Å². The van der Waals surface area contributed by atoms with E-state index >= 15 is 0 Å². The number of likely N-dealkylation sites (tertiary alicyclic amines) is 2. The summed E-state index contributed by atoms with van der Waals surface area (Å²) >= 11 is 0. The van der Waals surface area contributed by atoms with Gasteiger partial charge in [-0.1, -0.05) is 12.1 Å². The number of nitrogens with zero attached hydrogens (tertiary/aromatic N) is 3. The Hall–Kier alpha value is -3.92. The van der Waals surface area contributed by atoms with Crippen molar-refractivity contribution in [3.63, 3.8) is 0 Å². The van der Waals surface area contributed by atoms with Crippen LogP contribution in [0.1, 0.15) is 43.4 Å². The Balaban J connectivity index is 1.24. The predicted molar refractivity (Wildman–Crippen MR) is 151 cm³/mol. The van der Waals surface area contributed by atoms with E-state index in [9.17, 15) is 14.4 Å². The van der Waals surface area contributed by atoms with Crippen molar-refractivity contribution in [2.24, 2.45) is 11.7 Å². The maximum atomic E-state index is 13.5. The van der Waals surface area contributed by atoms with Gasteiger partial charge in [0.05, 0.1) is 19.7 Å². The molecule has 1 aromatic carbocycles. The van der Waals surface area contributed by atoms with E-state index in [0.29, 0.717) is 19.5 Å². The summed E-state index contributed by atoms with van der Waals surface area (Å²) in [5.74, 6) is 0.440. The van der Waals surface area contributed by atoms with Crippen molar-refractivity contribution < 1.29 is 19.1 Å². The number of pyridine rings is 1. The SMILES string of the molecule is COc1ccc(CC2CC(C(=O)NCc3cc4cccnc4[nH]3)N(C(=O)C(N)CCC(=O)N3CCCC3)C2)cc1. The zero-order valence-electron chi connectivity index (χ0n) is 23.0. The average Bonchev–Trinajstić information content (AvgIpc) is 3.74. The molecule has 3 atom stereocenters. The van der Waals surface area contributed by atoms with Crippen LogP contribution in [-0.4, -0.2) is 76.3 Å². The molecule has 2 aliphatic rings. The summed E-state index contributed by atoms with van der Waals surface area (Å²) in [7, 11) is 1.63. The summed E-state index contributed by atoms with van der Waals surface area (Å²) in [4.78, 5) is 50.5. The van der Waals surface area contributed by atoms with E-state index in [1.165, 1.54) is 0 Å². The molecule has 10 nitrogen and oxygen atoms in total. The van der Waals surface area contributed by atoms with Crippen molar-refractivity contribution >= 4 is 28.8 Å². The Kier molecular flexibility index (Phi) is 8.64. The van der Waals surface area contributed by atoms with E-state index < -0.39 is 12.1 Å². The number of methoxy groups -OCH3 is 1. The van der Waals surface area contributed by atoms with Gasteiger partial charge in [-0.2, -0.15) is 0 Å². The van der Waals surface area contributed by atoms with E-state index in [1.54, 1.807) is 18.2 Å². The molecule has 2 fully saturated rings. The molecule has 0 radical (unpaired) electrons. The molecule has 4 N–H and O–H groups in total. The molecule has 2 saturated heterocycles. The number of aromatic nitrogens is 2. The summed E-state index contributed by atoms with van der Waals surface area (Å²) < 4.78 is 5.26. The second-order valence-corrected chi connectivity index (χ2v) is 10.8. The second kappa shape index (κ2) is 12.5. The molecule has 3 aromatic rings. The number of fused-ring (bicyclic) bond motifs is 1. The molecule has 3 amide bonds. The number of aromatic amines is 1. The smallest absolute Gasteiger partial charge is 0.243 e. The van der Waals surface area contributed by atoms with Crippen LogP contribution in [0.5, 0.6) is 5.75 Å². The molecule has 2 aromatic heterocycles. The van der Waals surface area contributed by atoms with Crippen LogP contribution >= 0.6 is 0 Å². The van der Waals surface area contributed by atoms with Gasteiger partial charge >= 0.3 is 0 Å². The summed E-state index contributed by atoms with van der Waals surface area (Å²) in [6.45, 7) is 2.28. The molecule has 2 aliphatic heterocycles. The van der Waals surface area contributed by atoms with Crippen molar-refractivity contribution in [2.75, 3.05) is 26.7 Å². The maximum Gasteiger partial charge on any atom is 0.243 e. The number of ether oxygens (including phenoxy) is 1. The van der Waals surface area contributed by atoms with Gasteiger partial charge < -0.3 is 30.6 Å². The molecular weight excluding hydrogens is 508 g/mol. The Morgan fingerprint density at radius 3 is 2.67 bits per heavy atom. The van der Waals surface area contributed by atoms with Crippen molar-refractivity contribution in [3.8, 4) is 5.75 Å². The van der Waals surface area contributed by atoms with E-state index in [1.807, 2.05) is 47.4 Å². The number of hydrogen-bond acceptors (Lipinski definition) is 6. The van der Waals surface area contributed by atoms with Crippen LogP contribution in [-0.2, 0) is 27.3 Å². The minimum atomic E-state index is -0.832. The monoisotopic (exact) mass is 546 g/mol. The zero-order chi connectivity index (χ0) is 28.1. The highest BCUT2D eigenvalue weighted by Gasteiger charge is 2.41. The summed E-state index contributed by atoms with van der Waals surface area (Å²) in [5, 5.41) is 3.97. The van der Waals surface area contributed by atoms with E-state index in [2.05, 4.69) is 15.3 Å². The molecule has 0 saturated carbocycles. The average molecular weight is 547 g/mol. The van der Waals surface area contributed by atoms with Crippen molar-refractivity contribution in [1.82, 2.24) is 25.1 Å². The number of carbonyl (C=O) groups is 3. The third kappa shape index (κ3) is 6.44. The molecule has 10 heteroatoms. The van der Waals surface area contributed by atoms with Crippen LogP contribution in [0.4, 0.5) is 0 Å². The molecular formula is C30H38N6O4. The summed E-state index contributed by atoms with van der Waals surface area (Å²) in [5.41, 5.74) is 9.04. The first-order chi connectivity index (χ1) is 19.4. The number of nitrogens with one attached hydrogen (secondary N) is 2. The van der Waals surface area contributed by atoms with Gasteiger partial charge in [0.1, 0.15) is 17.4 Å².